The summed E-state index contributed by atoms with van der Waals surface area (Å²) >= 11 is 12.0. The maximum Gasteiger partial charge on any atom is 0.125 e. The van der Waals surface area contributed by atoms with Crippen molar-refractivity contribution in [3.8, 4) is 0 Å². The number of hydrogen-bond donors (Lipinski definition) is 1. The first kappa shape index (κ1) is 14.3. The molecule has 0 amide bonds. The Hall–Kier alpha value is -1.16. The number of aromatic nitrogens is 2. The van der Waals surface area contributed by atoms with Crippen LogP contribution in [0.2, 0.25) is 10.0 Å². The molecule has 0 aliphatic carbocycles. The van der Waals surface area contributed by atoms with Crippen LogP contribution >= 0.6 is 23.2 Å². The molecule has 0 radical (unpaired) electrons. The number of nitrogens with one attached hydrogen (secondary N) is 1. The highest BCUT2D eigenvalue weighted by Crippen LogP contribution is 2.21. The fourth-order valence-electron chi connectivity index (χ4n) is 1.77. The Balaban J connectivity index is 1.81. The number of benzene rings is 1. The van der Waals surface area contributed by atoms with E-state index in [1.54, 1.807) is 12.3 Å². The van der Waals surface area contributed by atoms with Gasteiger partial charge in [0.05, 0.1) is 5.69 Å². The lowest BCUT2D eigenvalue weighted by atomic mass is 10.1. The molecule has 0 fully saturated rings. The van der Waals surface area contributed by atoms with Gasteiger partial charge < -0.3 is 5.32 Å². The van der Waals surface area contributed by atoms with Gasteiger partial charge in [0.2, 0.25) is 0 Å². The predicted molar refractivity (Wildman–Crippen MR) is 78.6 cm³/mol. The average Bonchev–Trinajstić information content (AvgIpc) is 2.37. The first-order valence-corrected chi connectivity index (χ1v) is 6.84. The molecular weight excluding hydrogens is 281 g/mol. The van der Waals surface area contributed by atoms with Crippen LogP contribution in [0.15, 0.2) is 30.5 Å². The molecule has 5 heteroatoms. The third kappa shape index (κ3) is 4.46. The summed E-state index contributed by atoms with van der Waals surface area (Å²) in [7, 11) is 0. The van der Waals surface area contributed by atoms with Crippen LogP contribution in [-0.2, 0) is 13.0 Å². The van der Waals surface area contributed by atoms with E-state index in [9.17, 15) is 0 Å². The van der Waals surface area contributed by atoms with E-state index in [2.05, 4.69) is 15.3 Å². The summed E-state index contributed by atoms with van der Waals surface area (Å²) in [6.07, 6.45) is 2.63. The first-order valence-electron chi connectivity index (χ1n) is 6.08. The predicted octanol–water partition coefficient (Wildman–Crippen LogP) is 3.42. The SMILES string of the molecule is Cc1nccc(CNCCc2ccc(Cl)cc2Cl)n1. The second kappa shape index (κ2) is 6.85. The van der Waals surface area contributed by atoms with Crippen molar-refractivity contribution in [2.45, 2.75) is 19.9 Å². The van der Waals surface area contributed by atoms with Crippen molar-refractivity contribution in [3.63, 3.8) is 0 Å². The van der Waals surface area contributed by atoms with Gasteiger partial charge in [-0.05, 0) is 43.7 Å². The van der Waals surface area contributed by atoms with Gasteiger partial charge in [-0.3, -0.25) is 0 Å². The number of hydrogen-bond acceptors (Lipinski definition) is 3. The van der Waals surface area contributed by atoms with Crippen molar-refractivity contribution in [1.82, 2.24) is 15.3 Å². The summed E-state index contributed by atoms with van der Waals surface area (Å²) in [6.45, 7) is 3.45. The third-order valence-electron chi connectivity index (χ3n) is 2.73. The summed E-state index contributed by atoms with van der Waals surface area (Å²) in [5, 5.41) is 4.72. The molecule has 0 spiro atoms. The maximum absolute atomic E-state index is 6.11. The monoisotopic (exact) mass is 295 g/mol. The lowest BCUT2D eigenvalue weighted by Crippen LogP contribution is -2.17. The molecule has 1 aromatic carbocycles. The van der Waals surface area contributed by atoms with Gasteiger partial charge in [0.25, 0.3) is 0 Å². The van der Waals surface area contributed by atoms with Crippen molar-refractivity contribution < 1.29 is 0 Å². The quantitative estimate of drug-likeness (QED) is 0.859. The van der Waals surface area contributed by atoms with Crippen molar-refractivity contribution in [1.29, 1.82) is 0 Å². The molecule has 19 heavy (non-hydrogen) atoms. The lowest BCUT2D eigenvalue weighted by molar-refractivity contribution is 0.671. The maximum atomic E-state index is 6.11. The van der Waals surface area contributed by atoms with E-state index in [1.165, 1.54) is 0 Å². The van der Waals surface area contributed by atoms with Gasteiger partial charge in [-0.2, -0.15) is 0 Å². The van der Waals surface area contributed by atoms with E-state index in [0.29, 0.717) is 10.0 Å². The average molecular weight is 296 g/mol. The van der Waals surface area contributed by atoms with E-state index in [1.807, 2.05) is 25.1 Å². The second-order valence-electron chi connectivity index (χ2n) is 4.26. The minimum atomic E-state index is 0.665. The van der Waals surface area contributed by atoms with Gasteiger partial charge >= 0.3 is 0 Å². The highest BCUT2D eigenvalue weighted by Gasteiger charge is 2.01. The van der Waals surface area contributed by atoms with E-state index in [-0.39, 0.29) is 0 Å². The fourth-order valence-corrected chi connectivity index (χ4v) is 2.27. The topological polar surface area (TPSA) is 37.8 Å². The van der Waals surface area contributed by atoms with Gasteiger partial charge in [0.15, 0.2) is 0 Å². The molecule has 1 aromatic heterocycles. The van der Waals surface area contributed by atoms with Crippen LogP contribution in [0.25, 0.3) is 0 Å². The molecule has 0 atom stereocenters. The number of nitrogens with zero attached hydrogens (tertiary/aromatic N) is 2. The van der Waals surface area contributed by atoms with Crippen molar-refractivity contribution in [2.75, 3.05) is 6.54 Å². The molecule has 3 nitrogen and oxygen atoms in total. The van der Waals surface area contributed by atoms with Gasteiger partial charge in [-0.15, -0.1) is 0 Å². The molecule has 0 aliphatic rings. The van der Waals surface area contributed by atoms with Crippen molar-refractivity contribution >= 4 is 23.2 Å². The lowest BCUT2D eigenvalue weighted by Gasteiger charge is -2.07. The first-order chi connectivity index (χ1) is 9.15. The van der Waals surface area contributed by atoms with Crippen LogP contribution in [0.4, 0.5) is 0 Å². The molecule has 0 bridgehead atoms. The number of halogens is 2. The molecule has 0 saturated carbocycles. The van der Waals surface area contributed by atoms with E-state index >= 15 is 0 Å². The molecule has 2 rings (SSSR count). The Morgan fingerprint density at radius 3 is 2.79 bits per heavy atom. The third-order valence-corrected chi connectivity index (χ3v) is 3.31. The molecule has 1 N–H and O–H groups in total. The van der Waals surface area contributed by atoms with E-state index in [0.717, 1.165) is 36.6 Å². The Bertz CT molecular complexity index is 558. The van der Waals surface area contributed by atoms with Crippen LogP contribution in [0, 0.1) is 6.92 Å². The smallest absolute Gasteiger partial charge is 0.125 e. The van der Waals surface area contributed by atoms with Gasteiger partial charge in [0.1, 0.15) is 5.82 Å². The van der Waals surface area contributed by atoms with Gasteiger partial charge in [0, 0.05) is 22.8 Å². The number of aryl methyl sites for hydroxylation is 1. The molecule has 0 aliphatic heterocycles. The Morgan fingerprint density at radius 2 is 2.05 bits per heavy atom. The minimum Gasteiger partial charge on any atom is -0.311 e. The van der Waals surface area contributed by atoms with Gasteiger partial charge in [-0.25, -0.2) is 9.97 Å². The fraction of sp³-hybridized carbons (Fsp3) is 0.286. The summed E-state index contributed by atoms with van der Waals surface area (Å²) in [4.78, 5) is 8.40. The molecule has 1 heterocycles. The summed E-state index contributed by atoms with van der Waals surface area (Å²) in [5.41, 5.74) is 2.09. The molecular formula is C14H15Cl2N3. The standard InChI is InChI=1S/C14H15Cl2N3/c1-10-18-7-5-13(19-10)9-17-6-4-11-2-3-12(15)8-14(11)16/h2-3,5,7-8,17H,4,6,9H2,1H3. The largest absolute Gasteiger partial charge is 0.311 e. The minimum absolute atomic E-state index is 0.665. The second-order valence-corrected chi connectivity index (χ2v) is 5.10. The summed E-state index contributed by atoms with van der Waals surface area (Å²) in [6, 6.07) is 7.50. The van der Waals surface area contributed by atoms with Crippen LogP contribution in [-0.4, -0.2) is 16.5 Å². The van der Waals surface area contributed by atoms with Crippen LogP contribution in [0.5, 0.6) is 0 Å². The molecule has 0 unspecified atom stereocenters. The van der Waals surface area contributed by atoms with Crippen LogP contribution < -0.4 is 5.32 Å². The zero-order valence-electron chi connectivity index (χ0n) is 10.7. The highest BCUT2D eigenvalue weighted by molar-refractivity contribution is 6.35. The van der Waals surface area contributed by atoms with E-state index in [4.69, 9.17) is 23.2 Å². The highest BCUT2D eigenvalue weighted by atomic mass is 35.5. The van der Waals surface area contributed by atoms with Crippen LogP contribution in [0.3, 0.4) is 0 Å². The zero-order valence-corrected chi connectivity index (χ0v) is 12.2. The Morgan fingerprint density at radius 1 is 1.21 bits per heavy atom. The zero-order chi connectivity index (χ0) is 13.7. The van der Waals surface area contributed by atoms with Gasteiger partial charge in [-0.1, -0.05) is 29.3 Å². The summed E-state index contributed by atoms with van der Waals surface area (Å²) in [5.74, 6) is 0.792. The number of rotatable bonds is 5. The van der Waals surface area contributed by atoms with E-state index < -0.39 is 0 Å². The molecule has 100 valence electrons. The summed E-state index contributed by atoms with van der Waals surface area (Å²) < 4.78 is 0. The van der Waals surface area contributed by atoms with Crippen molar-refractivity contribution in [2.24, 2.45) is 0 Å². The van der Waals surface area contributed by atoms with Crippen molar-refractivity contribution in [3.05, 3.63) is 57.6 Å². The molecule has 2 aromatic rings. The normalized spacial score (nSPS) is 10.7. The van der Waals surface area contributed by atoms with Crippen LogP contribution in [0.1, 0.15) is 17.1 Å². The molecule has 0 saturated heterocycles. The Kier molecular flexibility index (Phi) is 5.14. The Labute approximate surface area is 123 Å².